The van der Waals surface area contributed by atoms with Crippen molar-refractivity contribution < 1.29 is 4.42 Å². The molecule has 3 heterocycles. The molecule has 0 aliphatic heterocycles. The highest BCUT2D eigenvalue weighted by Gasteiger charge is 2.23. The smallest absolute Gasteiger partial charge is 0.227 e. The first-order chi connectivity index (χ1) is 16.3. The van der Waals surface area contributed by atoms with Crippen LogP contribution in [0.2, 0.25) is 0 Å². The van der Waals surface area contributed by atoms with E-state index in [2.05, 4.69) is 72.6 Å². The third-order valence-electron chi connectivity index (χ3n) is 7.29. The molecule has 0 bridgehead atoms. The van der Waals surface area contributed by atoms with Gasteiger partial charge < -0.3 is 4.42 Å². The van der Waals surface area contributed by atoms with Gasteiger partial charge in [0.2, 0.25) is 5.71 Å². The third kappa shape index (κ3) is 2.88. The zero-order chi connectivity index (χ0) is 21.9. The number of fused-ring (bicyclic) bond motifs is 6. The standard InChI is InChI=1S/C30H24N2O/c1-18-15-24-22-11-6-14-31-30(22)33-29(24)25(16-18)27-17-23(19-7-2-3-8-19)28-21-10-5-4-9-20(21)12-13-26(28)32-27/h4-6,9-17,19H,2-3,7-8H2,1H3. The van der Waals surface area contributed by atoms with E-state index in [1.807, 2.05) is 6.07 Å². The Hall–Kier alpha value is -3.72. The number of furan rings is 1. The van der Waals surface area contributed by atoms with E-state index in [0.29, 0.717) is 11.6 Å². The van der Waals surface area contributed by atoms with Crippen molar-refractivity contribution in [3.63, 3.8) is 0 Å². The number of rotatable bonds is 2. The third-order valence-corrected chi connectivity index (χ3v) is 7.29. The second kappa shape index (κ2) is 7.14. The van der Waals surface area contributed by atoms with Gasteiger partial charge in [0, 0.05) is 27.9 Å². The molecule has 0 spiro atoms. The lowest BCUT2D eigenvalue weighted by atomic mass is 9.89. The van der Waals surface area contributed by atoms with Crippen LogP contribution in [0.15, 0.2) is 77.3 Å². The van der Waals surface area contributed by atoms with E-state index >= 15 is 0 Å². The first-order valence-corrected chi connectivity index (χ1v) is 11.9. The van der Waals surface area contributed by atoms with Crippen molar-refractivity contribution >= 4 is 43.7 Å². The van der Waals surface area contributed by atoms with E-state index in [0.717, 1.165) is 33.1 Å². The Morgan fingerprint density at radius 1 is 0.848 bits per heavy atom. The van der Waals surface area contributed by atoms with E-state index in [1.54, 1.807) is 6.20 Å². The molecule has 0 atom stereocenters. The van der Waals surface area contributed by atoms with Crippen LogP contribution in [0.1, 0.15) is 42.7 Å². The van der Waals surface area contributed by atoms with Gasteiger partial charge in [-0.25, -0.2) is 9.97 Å². The fourth-order valence-corrected chi connectivity index (χ4v) is 5.78. The monoisotopic (exact) mass is 428 g/mol. The Morgan fingerprint density at radius 2 is 1.70 bits per heavy atom. The van der Waals surface area contributed by atoms with Crippen LogP contribution in [-0.2, 0) is 0 Å². The van der Waals surface area contributed by atoms with Gasteiger partial charge in [-0.2, -0.15) is 0 Å². The van der Waals surface area contributed by atoms with E-state index in [-0.39, 0.29) is 0 Å². The summed E-state index contributed by atoms with van der Waals surface area (Å²) in [4.78, 5) is 9.67. The van der Waals surface area contributed by atoms with Crippen molar-refractivity contribution in [1.29, 1.82) is 0 Å². The van der Waals surface area contributed by atoms with Crippen LogP contribution in [-0.4, -0.2) is 9.97 Å². The summed E-state index contributed by atoms with van der Waals surface area (Å²) in [5.74, 6) is 0.581. The number of hydrogen-bond donors (Lipinski definition) is 0. The van der Waals surface area contributed by atoms with Crippen LogP contribution in [0.4, 0.5) is 0 Å². The van der Waals surface area contributed by atoms with E-state index in [9.17, 15) is 0 Å². The van der Waals surface area contributed by atoms with Gasteiger partial charge in [-0.3, -0.25) is 0 Å². The van der Waals surface area contributed by atoms with Gasteiger partial charge in [-0.15, -0.1) is 0 Å². The highest BCUT2D eigenvalue weighted by molar-refractivity contribution is 6.11. The number of hydrogen-bond acceptors (Lipinski definition) is 3. The van der Waals surface area contributed by atoms with Gasteiger partial charge in [0.05, 0.1) is 11.2 Å². The van der Waals surface area contributed by atoms with Crippen molar-refractivity contribution in [2.24, 2.45) is 0 Å². The van der Waals surface area contributed by atoms with Crippen molar-refractivity contribution in [3.8, 4) is 11.3 Å². The Morgan fingerprint density at radius 3 is 2.61 bits per heavy atom. The van der Waals surface area contributed by atoms with Gasteiger partial charge in [-0.1, -0.05) is 43.2 Å². The molecule has 0 N–H and O–H groups in total. The molecular formula is C30H24N2O. The largest absolute Gasteiger partial charge is 0.437 e. The van der Waals surface area contributed by atoms with Crippen molar-refractivity contribution in [1.82, 2.24) is 9.97 Å². The summed E-state index contributed by atoms with van der Waals surface area (Å²) in [5, 5.41) is 6.06. The molecule has 160 valence electrons. The molecule has 7 rings (SSSR count). The zero-order valence-corrected chi connectivity index (χ0v) is 18.6. The van der Waals surface area contributed by atoms with E-state index < -0.39 is 0 Å². The number of pyridine rings is 2. The summed E-state index contributed by atoms with van der Waals surface area (Å²) < 4.78 is 6.29. The lowest BCUT2D eigenvalue weighted by Gasteiger charge is -2.17. The molecule has 3 aromatic carbocycles. The molecule has 0 amide bonds. The molecule has 6 aromatic rings. The minimum absolute atomic E-state index is 0.581. The van der Waals surface area contributed by atoms with Gasteiger partial charge in [-0.05, 0) is 84.0 Å². The first kappa shape index (κ1) is 18.8. The zero-order valence-electron chi connectivity index (χ0n) is 18.6. The van der Waals surface area contributed by atoms with Crippen LogP contribution in [0.25, 0.3) is 55.0 Å². The van der Waals surface area contributed by atoms with Gasteiger partial charge in [0.25, 0.3) is 0 Å². The fourth-order valence-electron chi connectivity index (χ4n) is 5.78. The molecule has 1 aliphatic rings. The molecule has 0 radical (unpaired) electrons. The van der Waals surface area contributed by atoms with Gasteiger partial charge >= 0.3 is 0 Å². The van der Waals surface area contributed by atoms with Gasteiger partial charge in [0.1, 0.15) is 5.58 Å². The van der Waals surface area contributed by atoms with Crippen molar-refractivity contribution in [2.45, 2.75) is 38.5 Å². The summed E-state index contributed by atoms with van der Waals surface area (Å²) in [5.41, 5.74) is 7.31. The van der Waals surface area contributed by atoms with Crippen molar-refractivity contribution in [2.75, 3.05) is 0 Å². The van der Waals surface area contributed by atoms with E-state index in [1.165, 1.54) is 53.0 Å². The summed E-state index contributed by atoms with van der Waals surface area (Å²) in [7, 11) is 0. The van der Waals surface area contributed by atoms with Crippen LogP contribution in [0.3, 0.4) is 0 Å². The minimum atomic E-state index is 0.581. The highest BCUT2D eigenvalue weighted by Crippen LogP contribution is 2.43. The second-order valence-electron chi connectivity index (χ2n) is 9.41. The normalized spacial score (nSPS) is 14.8. The summed E-state index contributed by atoms with van der Waals surface area (Å²) in [6.07, 6.45) is 6.89. The van der Waals surface area contributed by atoms with Gasteiger partial charge in [0.15, 0.2) is 0 Å². The molecule has 33 heavy (non-hydrogen) atoms. The molecule has 3 heteroatoms. The maximum atomic E-state index is 6.29. The number of aryl methyl sites for hydroxylation is 1. The minimum Gasteiger partial charge on any atom is -0.437 e. The molecule has 3 aromatic heterocycles. The maximum absolute atomic E-state index is 6.29. The average molecular weight is 429 g/mol. The molecular weight excluding hydrogens is 404 g/mol. The average Bonchev–Trinajstić information content (AvgIpc) is 3.51. The van der Waals surface area contributed by atoms with Crippen LogP contribution in [0, 0.1) is 6.92 Å². The van der Waals surface area contributed by atoms with Crippen LogP contribution < -0.4 is 0 Å². The second-order valence-corrected chi connectivity index (χ2v) is 9.41. The molecule has 0 saturated heterocycles. The predicted molar refractivity (Wildman–Crippen MR) is 136 cm³/mol. The number of benzene rings is 3. The highest BCUT2D eigenvalue weighted by atomic mass is 16.3. The van der Waals surface area contributed by atoms with Crippen LogP contribution in [0.5, 0.6) is 0 Å². The molecule has 1 saturated carbocycles. The quantitative estimate of drug-likeness (QED) is 0.260. The SMILES string of the molecule is Cc1cc(-c2cc(C3CCCC3)c3c(ccc4ccccc43)n2)c2oc3ncccc3c2c1. The number of aromatic nitrogens is 2. The van der Waals surface area contributed by atoms with E-state index in [4.69, 9.17) is 9.40 Å². The number of nitrogens with zero attached hydrogens (tertiary/aromatic N) is 2. The molecule has 0 unspecified atom stereocenters. The maximum Gasteiger partial charge on any atom is 0.227 e. The Labute approximate surface area is 192 Å². The Bertz CT molecular complexity index is 1690. The molecule has 3 nitrogen and oxygen atoms in total. The lowest BCUT2D eigenvalue weighted by molar-refractivity contribution is 0.655. The van der Waals surface area contributed by atoms with Crippen molar-refractivity contribution in [3.05, 3.63) is 84.1 Å². The summed E-state index contributed by atoms with van der Waals surface area (Å²) >= 11 is 0. The van der Waals surface area contributed by atoms with Crippen LogP contribution >= 0.6 is 0 Å². The predicted octanol–water partition coefficient (Wildman–Crippen LogP) is 8.32. The first-order valence-electron chi connectivity index (χ1n) is 11.9. The topological polar surface area (TPSA) is 38.9 Å². The summed E-state index contributed by atoms with van der Waals surface area (Å²) in [6, 6.07) is 23.9. The molecule has 1 fully saturated rings. The lowest BCUT2D eigenvalue weighted by Crippen LogP contribution is -1.98. The summed E-state index contributed by atoms with van der Waals surface area (Å²) in [6.45, 7) is 2.14. The fraction of sp³-hybridized carbons (Fsp3) is 0.200. The Balaban J connectivity index is 1.57. The Kier molecular flexibility index (Phi) is 4.07. The molecule has 1 aliphatic carbocycles.